The molecule has 2 aliphatic carbocycles. The second-order valence-corrected chi connectivity index (χ2v) is 12.1. The number of nitrogens with two attached hydrogens (primary N) is 1. The number of esters is 2. The quantitative estimate of drug-likeness (QED) is 0.172. The number of benzene rings is 4. The Morgan fingerprint density at radius 2 is 1.38 bits per heavy atom. The molecule has 7 heteroatoms. The third-order valence-corrected chi connectivity index (χ3v) is 8.78. The number of nitrogens with zero attached hydrogens (tertiary/aromatic N) is 1. The van der Waals surface area contributed by atoms with E-state index in [2.05, 4.69) is 22.9 Å². The second-order valence-electron chi connectivity index (χ2n) is 12.1. The van der Waals surface area contributed by atoms with Crippen LogP contribution < -0.4 is 5.73 Å². The maximum Gasteiger partial charge on any atom is 0.339 e. The number of carbonyl (C=O) groups excluding carboxylic acids is 3. The van der Waals surface area contributed by atoms with E-state index in [1.165, 1.54) is 51.0 Å². The summed E-state index contributed by atoms with van der Waals surface area (Å²) < 4.78 is 9.69. The first kappa shape index (κ1) is 30.1. The van der Waals surface area contributed by atoms with Crippen LogP contribution in [0, 0.1) is 0 Å². The lowest BCUT2D eigenvalue weighted by Crippen LogP contribution is -2.23. The van der Waals surface area contributed by atoms with Crippen LogP contribution >= 0.6 is 0 Å². The van der Waals surface area contributed by atoms with Crippen molar-refractivity contribution in [2.75, 3.05) is 20.0 Å². The highest BCUT2D eigenvalue weighted by Crippen LogP contribution is 2.41. The molecular weight excluding hydrogens is 564 g/mol. The molecule has 3 aliphatic rings. The maximum atomic E-state index is 12.8. The third-order valence-electron chi connectivity index (χ3n) is 8.78. The average Bonchev–Trinajstić information content (AvgIpc) is 4.00. The Labute approximate surface area is 264 Å². The van der Waals surface area contributed by atoms with E-state index in [1.807, 2.05) is 65.6 Å². The number of rotatable bonds is 8. The standard InChI is InChI=1S/C27H25NO3.C11H13NO2/c1-31-27(30)25-15-21(20-8-9-20)10-11-22(25)13-19-7-12-24-23(14-19)17-28(26(24)29)16-18-5-3-2-4-6-18;1-14-11(13)9-6-8(7-2-3-7)4-5-10(9)12/h2-7,10-12,14-15,20H,8-9,13,16-17H2,1H3;4-7H,2-3,12H2,1H3. The van der Waals surface area contributed by atoms with Crippen LogP contribution in [0.5, 0.6) is 0 Å². The van der Waals surface area contributed by atoms with Crippen LogP contribution in [0.4, 0.5) is 5.69 Å². The summed E-state index contributed by atoms with van der Waals surface area (Å²) in [5.41, 5.74) is 14.7. The van der Waals surface area contributed by atoms with Crippen molar-refractivity contribution in [3.8, 4) is 0 Å². The largest absolute Gasteiger partial charge is 0.465 e. The van der Waals surface area contributed by atoms with E-state index in [0.29, 0.717) is 48.2 Å². The molecule has 1 aliphatic heterocycles. The van der Waals surface area contributed by atoms with Crippen molar-refractivity contribution in [3.63, 3.8) is 0 Å². The molecule has 4 aromatic rings. The minimum Gasteiger partial charge on any atom is -0.465 e. The van der Waals surface area contributed by atoms with Crippen molar-refractivity contribution in [2.24, 2.45) is 0 Å². The van der Waals surface area contributed by atoms with Gasteiger partial charge >= 0.3 is 11.9 Å². The number of hydrogen-bond donors (Lipinski definition) is 1. The van der Waals surface area contributed by atoms with E-state index in [4.69, 9.17) is 10.5 Å². The van der Waals surface area contributed by atoms with Gasteiger partial charge in [-0.25, -0.2) is 9.59 Å². The number of nitrogen functional groups attached to an aromatic ring is 1. The molecule has 2 fully saturated rings. The van der Waals surface area contributed by atoms with Gasteiger partial charge < -0.3 is 20.1 Å². The van der Waals surface area contributed by atoms with Crippen molar-refractivity contribution in [1.82, 2.24) is 4.90 Å². The first-order valence-electron chi connectivity index (χ1n) is 15.5. The first-order chi connectivity index (χ1) is 21.8. The molecule has 0 atom stereocenters. The second kappa shape index (κ2) is 13.0. The highest BCUT2D eigenvalue weighted by atomic mass is 16.5. The minimum atomic E-state index is -0.356. The molecular formula is C38H38N2O5. The predicted octanol–water partition coefficient (Wildman–Crippen LogP) is 7.03. The lowest BCUT2D eigenvalue weighted by molar-refractivity contribution is 0.0591. The van der Waals surface area contributed by atoms with Crippen molar-refractivity contribution in [3.05, 3.63) is 135 Å². The minimum absolute atomic E-state index is 0.0782. The summed E-state index contributed by atoms with van der Waals surface area (Å²) in [6.07, 6.45) is 5.45. The summed E-state index contributed by atoms with van der Waals surface area (Å²) in [6.45, 7) is 1.22. The van der Waals surface area contributed by atoms with Crippen molar-refractivity contribution >= 4 is 23.5 Å². The van der Waals surface area contributed by atoms with Gasteiger partial charge in [0.25, 0.3) is 5.91 Å². The summed E-state index contributed by atoms with van der Waals surface area (Å²) in [5.74, 6) is 0.639. The zero-order valence-electron chi connectivity index (χ0n) is 25.8. The number of methoxy groups -OCH3 is 2. The molecule has 1 heterocycles. The number of fused-ring (bicyclic) bond motifs is 1. The fourth-order valence-electron chi connectivity index (χ4n) is 5.95. The van der Waals surface area contributed by atoms with Crippen LogP contribution in [0.1, 0.15) is 102 Å². The predicted molar refractivity (Wildman–Crippen MR) is 173 cm³/mol. The van der Waals surface area contributed by atoms with Crippen LogP contribution in [0.3, 0.4) is 0 Å². The van der Waals surface area contributed by atoms with Gasteiger partial charge in [0.1, 0.15) is 0 Å². The molecule has 0 unspecified atom stereocenters. The highest BCUT2D eigenvalue weighted by Gasteiger charge is 2.29. The third kappa shape index (κ3) is 6.93. The molecule has 0 saturated heterocycles. The van der Waals surface area contributed by atoms with E-state index in [1.54, 1.807) is 6.07 Å². The summed E-state index contributed by atoms with van der Waals surface area (Å²) in [5, 5.41) is 0. The van der Waals surface area contributed by atoms with E-state index < -0.39 is 0 Å². The Kier molecular flexibility index (Phi) is 8.69. The van der Waals surface area contributed by atoms with E-state index in [0.717, 1.165) is 27.8 Å². The summed E-state index contributed by atoms with van der Waals surface area (Å²) in [6, 6.07) is 27.9. The lowest BCUT2D eigenvalue weighted by atomic mass is 9.95. The molecule has 1 amide bonds. The molecule has 0 bridgehead atoms. The number of hydrogen-bond acceptors (Lipinski definition) is 6. The van der Waals surface area contributed by atoms with Crippen LogP contribution in [0.25, 0.3) is 0 Å². The molecule has 0 aromatic heterocycles. The van der Waals surface area contributed by atoms with E-state index >= 15 is 0 Å². The molecule has 0 radical (unpaired) electrons. The van der Waals surface area contributed by atoms with Gasteiger partial charge in [0.15, 0.2) is 0 Å². The summed E-state index contributed by atoms with van der Waals surface area (Å²) in [4.78, 5) is 38.4. The zero-order valence-corrected chi connectivity index (χ0v) is 25.8. The summed E-state index contributed by atoms with van der Waals surface area (Å²) in [7, 11) is 2.80. The molecule has 2 N–H and O–H groups in total. The lowest BCUT2D eigenvalue weighted by Gasteiger charge is -2.15. The van der Waals surface area contributed by atoms with Gasteiger partial charge in [-0.1, -0.05) is 60.7 Å². The summed E-state index contributed by atoms with van der Waals surface area (Å²) >= 11 is 0. The monoisotopic (exact) mass is 602 g/mol. The van der Waals surface area contributed by atoms with Crippen LogP contribution in [0.2, 0.25) is 0 Å². The smallest absolute Gasteiger partial charge is 0.339 e. The Morgan fingerprint density at radius 1 is 0.756 bits per heavy atom. The number of ether oxygens (including phenoxy) is 2. The van der Waals surface area contributed by atoms with Crippen molar-refractivity contribution in [2.45, 2.75) is 57.0 Å². The van der Waals surface area contributed by atoms with Crippen LogP contribution in [-0.4, -0.2) is 37.0 Å². The Bertz CT molecular complexity index is 1740. The molecule has 2 saturated carbocycles. The van der Waals surface area contributed by atoms with Gasteiger partial charge in [-0.05, 0) is 102 Å². The fraction of sp³-hybridized carbons (Fsp3) is 0.289. The van der Waals surface area contributed by atoms with E-state index in [-0.39, 0.29) is 17.8 Å². The van der Waals surface area contributed by atoms with Crippen LogP contribution in [-0.2, 0) is 29.0 Å². The molecule has 230 valence electrons. The average molecular weight is 603 g/mol. The van der Waals surface area contributed by atoms with Gasteiger partial charge in [0, 0.05) is 24.3 Å². The number of amides is 1. The normalized spacial score (nSPS) is 15.2. The first-order valence-corrected chi connectivity index (χ1v) is 15.5. The van der Waals surface area contributed by atoms with Crippen molar-refractivity contribution in [1.29, 1.82) is 0 Å². The number of anilines is 1. The zero-order chi connectivity index (χ0) is 31.5. The van der Waals surface area contributed by atoms with Crippen molar-refractivity contribution < 1.29 is 23.9 Å². The Hall–Kier alpha value is -4.91. The van der Waals surface area contributed by atoms with Gasteiger partial charge in [0.05, 0.1) is 25.3 Å². The molecule has 7 rings (SSSR count). The van der Waals surface area contributed by atoms with E-state index in [9.17, 15) is 14.4 Å². The highest BCUT2D eigenvalue weighted by molar-refractivity contribution is 5.98. The Balaban J connectivity index is 0.000000213. The topological polar surface area (TPSA) is 98.9 Å². The van der Waals surface area contributed by atoms with Crippen LogP contribution in [0.15, 0.2) is 84.9 Å². The maximum absolute atomic E-state index is 12.8. The molecule has 4 aromatic carbocycles. The SMILES string of the molecule is COC(=O)c1cc(C2CC2)ccc1Cc1ccc2c(c1)CN(Cc1ccccc1)C2=O.COC(=O)c1cc(C2CC2)ccc1N. The fourth-order valence-corrected chi connectivity index (χ4v) is 5.95. The molecule has 7 nitrogen and oxygen atoms in total. The van der Waals surface area contributed by atoms with Gasteiger partial charge in [-0.3, -0.25) is 4.79 Å². The Morgan fingerprint density at radius 3 is 2.02 bits per heavy atom. The number of carbonyl (C=O) groups is 3. The molecule has 0 spiro atoms. The van der Waals surface area contributed by atoms with Gasteiger partial charge in [-0.2, -0.15) is 0 Å². The van der Waals surface area contributed by atoms with Gasteiger partial charge in [-0.15, -0.1) is 0 Å². The molecule has 45 heavy (non-hydrogen) atoms. The van der Waals surface area contributed by atoms with Gasteiger partial charge in [0.2, 0.25) is 0 Å².